The maximum Gasteiger partial charge on any atom is 0.418 e. The van der Waals surface area contributed by atoms with Crippen LogP contribution in [-0.4, -0.2) is 43.5 Å². The third-order valence-corrected chi connectivity index (χ3v) is 4.70. The highest BCUT2D eigenvalue weighted by Crippen LogP contribution is 2.34. The predicted molar refractivity (Wildman–Crippen MR) is 121 cm³/mol. The molecule has 0 spiro atoms. The predicted octanol–water partition coefficient (Wildman–Crippen LogP) is 4.87. The summed E-state index contributed by atoms with van der Waals surface area (Å²) in [5, 5.41) is 2.23. The van der Waals surface area contributed by atoms with Gasteiger partial charge in [-0.3, -0.25) is 9.59 Å². The lowest BCUT2D eigenvalue weighted by molar-refractivity contribution is -0.137. The van der Waals surface area contributed by atoms with E-state index < -0.39 is 30.1 Å². The van der Waals surface area contributed by atoms with Crippen LogP contribution in [0.5, 0.6) is 11.5 Å². The number of carbonyl (C=O) groups excluding carboxylic acids is 2. The topological polar surface area (TPSA) is 67.9 Å². The molecule has 0 saturated heterocycles. The fraction of sp³-hybridized carbons (Fsp3) is 0.200. The first-order valence-electron chi connectivity index (χ1n) is 10.4. The van der Waals surface area contributed by atoms with Crippen LogP contribution >= 0.6 is 0 Å². The summed E-state index contributed by atoms with van der Waals surface area (Å²) in [5.41, 5.74) is -1.12. The fourth-order valence-corrected chi connectivity index (χ4v) is 3.12. The monoisotopic (exact) mass is 472 g/mol. The Balaban J connectivity index is 1.59. The zero-order valence-corrected chi connectivity index (χ0v) is 18.3. The first kappa shape index (κ1) is 24.6. The van der Waals surface area contributed by atoms with Gasteiger partial charge in [0.15, 0.2) is 0 Å². The van der Waals surface area contributed by atoms with Crippen molar-refractivity contribution >= 4 is 17.5 Å². The SMILES string of the molecule is CN(CC(=O)Nc1ccccc1C(F)(F)F)C(=O)c1ccccc1OCCOc1ccccc1. The summed E-state index contributed by atoms with van der Waals surface area (Å²) in [6.45, 7) is -0.0164. The lowest BCUT2D eigenvalue weighted by Crippen LogP contribution is -2.35. The molecule has 0 bridgehead atoms. The first-order valence-corrected chi connectivity index (χ1v) is 10.4. The molecular weight excluding hydrogens is 449 g/mol. The molecule has 3 aromatic carbocycles. The summed E-state index contributed by atoms with van der Waals surface area (Å²) in [4.78, 5) is 26.3. The maximum atomic E-state index is 13.1. The van der Waals surface area contributed by atoms with Gasteiger partial charge >= 0.3 is 6.18 Å². The molecule has 0 radical (unpaired) electrons. The van der Waals surface area contributed by atoms with Gasteiger partial charge in [-0.05, 0) is 36.4 Å². The molecule has 34 heavy (non-hydrogen) atoms. The second kappa shape index (κ2) is 11.2. The largest absolute Gasteiger partial charge is 0.490 e. The van der Waals surface area contributed by atoms with E-state index in [1.54, 1.807) is 24.3 Å². The number of alkyl halides is 3. The van der Waals surface area contributed by atoms with Crippen molar-refractivity contribution < 1.29 is 32.2 Å². The van der Waals surface area contributed by atoms with Crippen LogP contribution in [0.15, 0.2) is 78.9 Å². The number of benzene rings is 3. The van der Waals surface area contributed by atoms with E-state index in [9.17, 15) is 22.8 Å². The summed E-state index contributed by atoms with van der Waals surface area (Å²) in [6.07, 6.45) is -4.62. The Morgan fingerprint density at radius 2 is 1.47 bits per heavy atom. The molecule has 0 heterocycles. The Bertz CT molecular complexity index is 1120. The van der Waals surface area contributed by atoms with Gasteiger partial charge in [-0.2, -0.15) is 13.2 Å². The number of hydrogen-bond donors (Lipinski definition) is 1. The number of nitrogens with zero attached hydrogens (tertiary/aromatic N) is 1. The number of para-hydroxylation sites is 3. The second-order valence-electron chi connectivity index (χ2n) is 7.26. The average molecular weight is 472 g/mol. The number of carbonyl (C=O) groups is 2. The third-order valence-electron chi connectivity index (χ3n) is 4.70. The van der Waals surface area contributed by atoms with E-state index in [0.717, 1.165) is 17.0 Å². The van der Waals surface area contributed by atoms with Gasteiger partial charge in [-0.15, -0.1) is 0 Å². The summed E-state index contributed by atoms with van der Waals surface area (Å²) in [7, 11) is 1.38. The molecule has 1 N–H and O–H groups in total. The van der Waals surface area contributed by atoms with Crippen LogP contribution in [0.3, 0.4) is 0 Å². The van der Waals surface area contributed by atoms with Crippen molar-refractivity contribution in [2.24, 2.45) is 0 Å². The number of likely N-dealkylation sites (N-methyl/N-ethyl adjacent to an activating group) is 1. The molecule has 0 aliphatic rings. The van der Waals surface area contributed by atoms with Crippen LogP contribution in [0.25, 0.3) is 0 Å². The zero-order valence-electron chi connectivity index (χ0n) is 18.3. The summed E-state index contributed by atoms with van der Waals surface area (Å²) in [6, 6.07) is 20.3. The fourth-order valence-electron chi connectivity index (χ4n) is 3.12. The first-order chi connectivity index (χ1) is 16.3. The summed E-state index contributed by atoms with van der Waals surface area (Å²) >= 11 is 0. The zero-order chi connectivity index (χ0) is 24.6. The minimum atomic E-state index is -4.62. The summed E-state index contributed by atoms with van der Waals surface area (Å²) < 4.78 is 50.7. The molecule has 178 valence electrons. The van der Waals surface area contributed by atoms with E-state index in [-0.39, 0.29) is 24.5 Å². The van der Waals surface area contributed by atoms with Gasteiger partial charge in [-0.25, -0.2) is 0 Å². The van der Waals surface area contributed by atoms with Crippen LogP contribution in [0.4, 0.5) is 18.9 Å². The van der Waals surface area contributed by atoms with E-state index in [4.69, 9.17) is 9.47 Å². The van der Waals surface area contributed by atoms with Gasteiger partial charge in [0.1, 0.15) is 24.7 Å². The van der Waals surface area contributed by atoms with Crippen molar-refractivity contribution in [1.82, 2.24) is 4.90 Å². The molecule has 3 aromatic rings. The lowest BCUT2D eigenvalue weighted by Gasteiger charge is -2.20. The normalized spacial score (nSPS) is 10.9. The number of amides is 2. The Morgan fingerprint density at radius 1 is 0.853 bits per heavy atom. The Kier molecular flexibility index (Phi) is 8.13. The van der Waals surface area contributed by atoms with Crippen LogP contribution < -0.4 is 14.8 Å². The number of halogens is 3. The van der Waals surface area contributed by atoms with Crippen LogP contribution in [0.2, 0.25) is 0 Å². The van der Waals surface area contributed by atoms with Gasteiger partial charge in [-0.1, -0.05) is 42.5 Å². The number of ether oxygens (including phenoxy) is 2. The molecule has 2 amide bonds. The molecule has 0 aliphatic heterocycles. The highest BCUT2D eigenvalue weighted by atomic mass is 19.4. The molecule has 0 aromatic heterocycles. The smallest absolute Gasteiger partial charge is 0.418 e. The average Bonchev–Trinajstić information content (AvgIpc) is 2.82. The van der Waals surface area contributed by atoms with Crippen molar-refractivity contribution in [1.29, 1.82) is 0 Å². The molecule has 9 heteroatoms. The summed E-state index contributed by atoms with van der Waals surface area (Å²) in [5.74, 6) is -0.284. The number of rotatable bonds is 9. The van der Waals surface area contributed by atoms with Gasteiger partial charge in [0, 0.05) is 7.05 Å². The van der Waals surface area contributed by atoms with E-state index in [2.05, 4.69) is 5.32 Å². The molecule has 0 saturated carbocycles. The van der Waals surface area contributed by atoms with Gasteiger partial charge < -0.3 is 19.7 Å². The van der Waals surface area contributed by atoms with Gasteiger partial charge in [0.25, 0.3) is 5.91 Å². The molecule has 0 fully saturated rings. The lowest BCUT2D eigenvalue weighted by atomic mass is 10.1. The van der Waals surface area contributed by atoms with E-state index in [1.807, 2.05) is 30.3 Å². The molecule has 6 nitrogen and oxygen atoms in total. The Hall–Kier alpha value is -4.01. The van der Waals surface area contributed by atoms with E-state index >= 15 is 0 Å². The molecule has 3 rings (SSSR count). The number of anilines is 1. The molecule has 0 unspecified atom stereocenters. The molecule has 0 atom stereocenters. The van der Waals surface area contributed by atoms with Crippen molar-refractivity contribution in [2.75, 3.05) is 32.1 Å². The minimum absolute atomic E-state index is 0.178. The Morgan fingerprint density at radius 3 is 2.21 bits per heavy atom. The second-order valence-corrected chi connectivity index (χ2v) is 7.26. The molecule has 0 aliphatic carbocycles. The van der Waals surface area contributed by atoms with Crippen LogP contribution in [-0.2, 0) is 11.0 Å². The van der Waals surface area contributed by atoms with Crippen LogP contribution in [0, 0.1) is 0 Å². The van der Waals surface area contributed by atoms with Crippen molar-refractivity contribution in [3.8, 4) is 11.5 Å². The van der Waals surface area contributed by atoms with Crippen molar-refractivity contribution in [2.45, 2.75) is 6.18 Å². The minimum Gasteiger partial charge on any atom is -0.490 e. The quantitative estimate of drug-likeness (QED) is 0.451. The van der Waals surface area contributed by atoms with Crippen molar-refractivity contribution in [3.05, 3.63) is 90.0 Å². The van der Waals surface area contributed by atoms with E-state index in [1.165, 1.54) is 19.2 Å². The standard InChI is InChI=1S/C25H23F3N2O4/c1-30(17-23(31)29-21-13-7-6-12-20(21)25(26,27)28)24(32)19-11-5-8-14-22(19)34-16-15-33-18-9-3-2-4-10-18/h2-14H,15-17H2,1H3,(H,29,31). The number of hydrogen-bond acceptors (Lipinski definition) is 4. The highest BCUT2D eigenvalue weighted by molar-refractivity contribution is 6.01. The Labute approximate surface area is 194 Å². The van der Waals surface area contributed by atoms with E-state index in [0.29, 0.717) is 11.5 Å². The number of nitrogens with one attached hydrogen (secondary N) is 1. The highest BCUT2D eigenvalue weighted by Gasteiger charge is 2.33. The third kappa shape index (κ3) is 6.74. The maximum absolute atomic E-state index is 13.1. The van der Waals surface area contributed by atoms with Gasteiger partial charge in [0.05, 0.1) is 23.4 Å². The van der Waals surface area contributed by atoms with Crippen LogP contribution in [0.1, 0.15) is 15.9 Å². The van der Waals surface area contributed by atoms with Crippen molar-refractivity contribution in [3.63, 3.8) is 0 Å². The molecular formula is C25H23F3N2O4. The van der Waals surface area contributed by atoms with Gasteiger partial charge in [0.2, 0.25) is 5.91 Å².